The Morgan fingerprint density at radius 2 is 1.31 bits per heavy atom. The smallest absolute Gasteiger partial charge is 0.326 e. The van der Waals surface area contributed by atoms with Gasteiger partial charge >= 0.3 is 11.9 Å². The average Bonchev–Trinajstić information content (AvgIpc) is 3.65. The molecule has 0 saturated carbocycles. The minimum Gasteiger partial charge on any atom is -0.481 e. The molecule has 0 aromatic rings. The van der Waals surface area contributed by atoms with Gasteiger partial charge in [-0.25, -0.2) is 4.79 Å². The van der Waals surface area contributed by atoms with Gasteiger partial charge in [0.2, 0.25) is 29.5 Å². The monoisotopic (exact) mass is 618 g/mol. The van der Waals surface area contributed by atoms with Crippen molar-refractivity contribution in [2.75, 3.05) is 32.1 Å². The number of aliphatic hydroxyl groups excluding tert-OH is 2. The van der Waals surface area contributed by atoms with Crippen LogP contribution >= 0.6 is 12.6 Å². The second kappa shape index (κ2) is 16.2. The Kier molecular flexibility index (Phi) is 13.4. The second-order valence-corrected chi connectivity index (χ2v) is 10.4. The summed E-state index contributed by atoms with van der Waals surface area (Å²) < 4.78 is 0. The number of nitrogens with one attached hydrogen (secondary N) is 3. The third kappa shape index (κ3) is 9.01. The summed E-state index contributed by atoms with van der Waals surface area (Å²) in [6.07, 6.45) is 0.694. The van der Waals surface area contributed by atoms with Crippen molar-refractivity contribution in [3.8, 4) is 0 Å². The number of likely N-dealkylation sites (tertiary alicyclic amines) is 2. The van der Waals surface area contributed by atoms with Gasteiger partial charge in [0.1, 0.15) is 30.2 Å². The van der Waals surface area contributed by atoms with Gasteiger partial charge in [-0.05, 0) is 32.1 Å². The standard InChI is InChI=1S/C24H38N6O11S/c25-12(5-6-18(33)34)19(35)27-14(10-32)22(38)29-7-1-3-16(29)21(37)26-13(9-31)20(36)28-15(11-42)23(39)30-8-2-4-17(30)24(40)41/h12-17,31-32,42H,1-11,25H2,(H,26,37)(H,27,35)(H,28,36)(H,33,34)(H,40,41)/t12-,13-,14-,15-,16-,17-/m0/s1. The van der Waals surface area contributed by atoms with Crippen LogP contribution in [0.2, 0.25) is 0 Å². The molecule has 0 radical (unpaired) electrons. The fourth-order valence-electron chi connectivity index (χ4n) is 4.78. The molecule has 2 heterocycles. The Morgan fingerprint density at radius 1 is 0.786 bits per heavy atom. The van der Waals surface area contributed by atoms with E-state index in [9.17, 15) is 48.9 Å². The number of nitrogens with zero attached hydrogens (tertiary/aromatic N) is 2. The highest BCUT2D eigenvalue weighted by atomic mass is 32.1. The average molecular weight is 619 g/mol. The lowest BCUT2D eigenvalue weighted by Crippen LogP contribution is -2.60. The van der Waals surface area contributed by atoms with E-state index in [0.717, 1.165) is 9.80 Å². The van der Waals surface area contributed by atoms with E-state index >= 15 is 0 Å². The predicted molar refractivity (Wildman–Crippen MR) is 146 cm³/mol. The first kappa shape index (κ1) is 34.7. The fourth-order valence-corrected chi connectivity index (χ4v) is 5.03. The first-order valence-corrected chi connectivity index (χ1v) is 14.0. The van der Waals surface area contributed by atoms with Crippen molar-refractivity contribution >= 4 is 54.1 Å². The van der Waals surface area contributed by atoms with Gasteiger partial charge in [-0.1, -0.05) is 0 Å². The summed E-state index contributed by atoms with van der Waals surface area (Å²) in [5.41, 5.74) is 5.65. The SMILES string of the molecule is N[C@@H](CCC(=O)O)C(=O)N[C@@H](CO)C(=O)N1CCC[C@H]1C(=O)N[C@@H](CO)C(=O)N[C@@H](CS)C(=O)N1CCC[C@H]1C(=O)O. The van der Waals surface area contributed by atoms with E-state index in [-0.39, 0.29) is 44.5 Å². The quantitative estimate of drug-likeness (QED) is 0.0788. The van der Waals surface area contributed by atoms with Gasteiger partial charge in [-0.3, -0.25) is 28.8 Å². The number of hydrogen-bond donors (Lipinski definition) is 9. The molecule has 0 unspecified atom stereocenters. The molecule has 2 aliphatic heterocycles. The highest BCUT2D eigenvalue weighted by Gasteiger charge is 2.40. The van der Waals surface area contributed by atoms with E-state index < -0.39 is 90.9 Å². The van der Waals surface area contributed by atoms with Gasteiger partial charge in [0, 0.05) is 25.3 Å². The molecule has 0 bridgehead atoms. The number of nitrogens with two attached hydrogens (primary N) is 1. The topological polar surface area (TPSA) is 269 Å². The number of carboxylic acid groups (broad SMARTS) is 2. The van der Waals surface area contributed by atoms with Gasteiger partial charge < -0.3 is 51.9 Å². The van der Waals surface area contributed by atoms with Crippen LogP contribution in [-0.4, -0.2) is 140 Å². The van der Waals surface area contributed by atoms with Crippen molar-refractivity contribution in [1.82, 2.24) is 25.8 Å². The van der Waals surface area contributed by atoms with Crippen LogP contribution in [0.1, 0.15) is 38.5 Å². The molecule has 17 nitrogen and oxygen atoms in total. The van der Waals surface area contributed by atoms with Crippen molar-refractivity contribution in [2.24, 2.45) is 5.73 Å². The maximum atomic E-state index is 13.1. The molecule has 236 valence electrons. The molecule has 2 aliphatic rings. The highest BCUT2D eigenvalue weighted by Crippen LogP contribution is 2.20. The molecule has 2 saturated heterocycles. The second-order valence-electron chi connectivity index (χ2n) is 9.99. The van der Waals surface area contributed by atoms with Crippen LogP contribution < -0.4 is 21.7 Å². The third-order valence-corrected chi connectivity index (χ3v) is 7.44. The zero-order valence-corrected chi connectivity index (χ0v) is 23.7. The molecule has 6 atom stereocenters. The molecule has 0 spiro atoms. The van der Waals surface area contributed by atoms with Gasteiger partial charge in [0.25, 0.3) is 0 Å². The number of hydrogen-bond acceptors (Lipinski definition) is 11. The van der Waals surface area contributed by atoms with Crippen LogP contribution in [-0.2, 0) is 33.6 Å². The van der Waals surface area contributed by atoms with Gasteiger partial charge in [0.05, 0.1) is 19.3 Å². The number of thiol groups is 1. The molecule has 2 fully saturated rings. The zero-order valence-electron chi connectivity index (χ0n) is 22.8. The van der Waals surface area contributed by atoms with Crippen LogP contribution in [0.15, 0.2) is 0 Å². The number of rotatable bonds is 15. The molecule has 0 aromatic carbocycles. The van der Waals surface area contributed by atoms with E-state index in [1.54, 1.807) is 0 Å². The van der Waals surface area contributed by atoms with E-state index in [0.29, 0.717) is 12.8 Å². The summed E-state index contributed by atoms with van der Waals surface area (Å²) in [6, 6.07) is -7.64. The fraction of sp³-hybridized carbons (Fsp3) is 0.708. The molecule has 0 aliphatic carbocycles. The molecule has 42 heavy (non-hydrogen) atoms. The first-order chi connectivity index (χ1) is 19.9. The largest absolute Gasteiger partial charge is 0.481 e. The predicted octanol–water partition coefficient (Wildman–Crippen LogP) is -4.39. The summed E-state index contributed by atoms with van der Waals surface area (Å²) in [4.78, 5) is 88.6. The molecule has 18 heteroatoms. The van der Waals surface area contributed by atoms with Crippen molar-refractivity contribution in [3.63, 3.8) is 0 Å². The number of carbonyl (C=O) groups is 7. The summed E-state index contributed by atoms with van der Waals surface area (Å²) in [6.45, 7) is -1.43. The number of carboxylic acids is 2. The summed E-state index contributed by atoms with van der Waals surface area (Å²) >= 11 is 4.07. The summed E-state index contributed by atoms with van der Waals surface area (Å²) in [7, 11) is 0. The summed E-state index contributed by atoms with van der Waals surface area (Å²) in [5.74, 6) is -6.61. The van der Waals surface area contributed by atoms with Crippen LogP contribution in [0.5, 0.6) is 0 Å². The molecule has 0 aromatic heterocycles. The maximum Gasteiger partial charge on any atom is 0.326 e. The highest BCUT2D eigenvalue weighted by molar-refractivity contribution is 7.80. The number of amides is 5. The van der Waals surface area contributed by atoms with E-state index in [1.165, 1.54) is 0 Å². The van der Waals surface area contributed by atoms with Crippen LogP contribution in [0.4, 0.5) is 0 Å². The Labute approximate surface area is 246 Å². The Balaban J connectivity index is 2.02. The molecular formula is C24H38N6O11S. The Morgan fingerprint density at radius 3 is 1.83 bits per heavy atom. The molecule has 9 N–H and O–H groups in total. The lowest BCUT2D eigenvalue weighted by Gasteiger charge is -2.30. The minimum absolute atomic E-state index is 0.0845. The van der Waals surface area contributed by atoms with E-state index in [2.05, 4.69) is 28.6 Å². The zero-order chi connectivity index (χ0) is 31.6. The van der Waals surface area contributed by atoms with E-state index in [4.69, 9.17) is 10.8 Å². The van der Waals surface area contributed by atoms with Gasteiger partial charge in [0.15, 0.2) is 0 Å². The lowest BCUT2D eigenvalue weighted by molar-refractivity contribution is -0.149. The Hall–Kier alpha value is -3.48. The maximum absolute atomic E-state index is 13.1. The van der Waals surface area contributed by atoms with Crippen LogP contribution in [0, 0.1) is 0 Å². The van der Waals surface area contributed by atoms with Crippen molar-refractivity contribution in [3.05, 3.63) is 0 Å². The lowest BCUT2D eigenvalue weighted by atomic mass is 10.1. The normalized spacial score (nSPS) is 21.1. The van der Waals surface area contributed by atoms with Gasteiger partial charge in [-0.2, -0.15) is 12.6 Å². The molecular weight excluding hydrogens is 580 g/mol. The van der Waals surface area contributed by atoms with Crippen LogP contribution in [0.3, 0.4) is 0 Å². The summed E-state index contributed by atoms with van der Waals surface area (Å²) in [5, 5.41) is 44.6. The van der Waals surface area contributed by atoms with Crippen molar-refractivity contribution in [2.45, 2.75) is 74.8 Å². The minimum atomic E-state index is -1.53. The molecule has 5 amide bonds. The number of aliphatic hydroxyl groups is 2. The third-order valence-electron chi connectivity index (χ3n) is 7.08. The van der Waals surface area contributed by atoms with E-state index in [1.807, 2.05) is 0 Å². The number of aliphatic carboxylic acids is 2. The van der Waals surface area contributed by atoms with Gasteiger partial charge in [-0.15, -0.1) is 0 Å². The van der Waals surface area contributed by atoms with Crippen molar-refractivity contribution < 1.29 is 54.0 Å². The first-order valence-electron chi connectivity index (χ1n) is 13.4. The van der Waals surface area contributed by atoms with Crippen LogP contribution in [0.25, 0.3) is 0 Å². The van der Waals surface area contributed by atoms with Crippen molar-refractivity contribution in [1.29, 1.82) is 0 Å². The molecule has 2 rings (SSSR count). The Bertz CT molecular complexity index is 1050. The number of carbonyl (C=O) groups excluding carboxylic acids is 5.